The largest absolute Gasteiger partial charge is 0.327 e. The summed E-state index contributed by atoms with van der Waals surface area (Å²) in [4.78, 5) is 4.53. The third-order valence-corrected chi connectivity index (χ3v) is 4.17. The van der Waals surface area contributed by atoms with Gasteiger partial charge in [0.25, 0.3) is 0 Å². The first-order valence-electron chi connectivity index (χ1n) is 5.87. The van der Waals surface area contributed by atoms with Gasteiger partial charge in [0.15, 0.2) is 0 Å². The molecule has 0 bridgehead atoms. The van der Waals surface area contributed by atoms with Gasteiger partial charge in [-0.05, 0) is 53.4 Å². The van der Waals surface area contributed by atoms with E-state index in [4.69, 9.17) is 11.6 Å². The van der Waals surface area contributed by atoms with E-state index in [-0.39, 0.29) is 5.02 Å². The maximum absolute atomic E-state index is 13.2. The quantitative estimate of drug-likeness (QED) is 0.756. The maximum Gasteiger partial charge on any atom is 0.141 e. The Balaban J connectivity index is 2.14. The highest BCUT2D eigenvalue weighted by atomic mass is 79.9. The Morgan fingerprint density at radius 2 is 2.17 bits per heavy atom. The van der Waals surface area contributed by atoms with Crippen LogP contribution in [0.25, 0.3) is 11.4 Å². The molecule has 5 heteroatoms. The number of halogens is 3. The van der Waals surface area contributed by atoms with Gasteiger partial charge in [0, 0.05) is 12.1 Å². The van der Waals surface area contributed by atoms with Crippen molar-refractivity contribution in [3.63, 3.8) is 0 Å². The highest BCUT2D eigenvalue weighted by molar-refractivity contribution is 9.10. The molecule has 94 valence electrons. The molecule has 2 heterocycles. The van der Waals surface area contributed by atoms with E-state index in [1.165, 1.54) is 18.2 Å². The van der Waals surface area contributed by atoms with Crippen LogP contribution < -0.4 is 0 Å². The zero-order valence-corrected chi connectivity index (χ0v) is 11.9. The molecule has 0 spiro atoms. The van der Waals surface area contributed by atoms with Crippen molar-refractivity contribution < 1.29 is 4.39 Å². The number of fused-ring (bicyclic) bond motifs is 1. The number of hydrogen-bond acceptors (Lipinski definition) is 1. The summed E-state index contributed by atoms with van der Waals surface area (Å²) < 4.78 is 16.3. The molecular weight excluding hydrogens is 319 g/mol. The van der Waals surface area contributed by atoms with E-state index >= 15 is 0 Å². The van der Waals surface area contributed by atoms with Gasteiger partial charge in [-0.25, -0.2) is 9.37 Å². The number of hydrogen-bond donors (Lipinski definition) is 0. The Hall–Kier alpha value is -0.870. The van der Waals surface area contributed by atoms with Crippen molar-refractivity contribution in [3.05, 3.63) is 39.3 Å². The summed E-state index contributed by atoms with van der Waals surface area (Å²) in [6.45, 7) is 0.957. The molecule has 0 fully saturated rings. The van der Waals surface area contributed by atoms with Crippen molar-refractivity contribution in [1.82, 2.24) is 9.55 Å². The third-order valence-electron chi connectivity index (χ3n) is 3.25. The van der Waals surface area contributed by atoms with Crippen molar-refractivity contribution in [2.45, 2.75) is 25.8 Å². The number of aromatic nitrogens is 2. The van der Waals surface area contributed by atoms with E-state index in [1.807, 2.05) is 0 Å². The molecular formula is C13H11BrClFN2. The second kappa shape index (κ2) is 4.67. The third kappa shape index (κ3) is 1.97. The molecule has 0 N–H and O–H groups in total. The fraction of sp³-hybridized carbons (Fsp3) is 0.308. The maximum atomic E-state index is 13.2. The summed E-state index contributed by atoms with van der Waals surface area (Å²) in [5, 5.41) is 0.136. The van der Waals surface area contributed by atoms with Gasteiger partial charge < -0.3 is 4.57 Å². The SMILES string of the molecule is Fc1ccc(-c2nc(Br)c3n2CCCC3)cc1Cl. The molecule has 0 saturated heterocycles. The van der Waals surface area contributed by atoms with Gasteiger partial charge in [-0.3, -0.25) is 0 Å². The van der Waals surface area contributed by atoms with Crippen LogP contribution >= 0.6 is 27.5 Å². The molecule has 0 unspecified atom stereocenters. The molecule has 0 radical (unpaired) electrons. The van der Waals surface area contributed by atoms with E-state index in [9.17, 15) is 4.39 Å². The Morgan fingerprint density at radius 1 is 1.33 bits per heavy atom. The van der Waals surface area contributed by atoms with Gasteiger partial charge in [-0.2, -0.15) is 0 Å². The molecule has 0 atom stereocenters. The van der Waals surface area contributed by atoms with Gasteiger partial charge in [0.1, 0.15) is 16.2 Å². The van der Waals surface area contributed by atoms with Crippen LogP contribution in [0.3, 0.4) is 0 Å². The number of nitrogens with zero attached hydrogens (tertiary/aromatic N) is 2. The minimum atomic E-state index is -0.398. The van der Waals surface area contributed by atoms with Crippen molar-refractivity contribution in [3.8, 4) is 11.4 Å². The van der Waals surface area contributed by atoms with E-state index in [1.54, 1.807) is 12.1 Å². The number of imidazole rings is 1. The molecule has 18 heavy (non-hydrogen) atoms. The van der Waals surface area contributed by atoms with Crippen LogP contribution in [-0.2, 0) is 13.0 Å². The predicted octanol–water partition coefficient (Wildman–Crippen LogP) is 4.44. The van der Waals surface area contributed by atoms with Crippen LogP contribution in [0.2, 0.25) is 5.02 Å². The standard InChI is InChI=1S/C13H11BrClFN2/c14-12-11-3-1-2-6-18(11)13(17-12)8-4-5-10(16)9(15)7-8/h4-5,7H,1-3,6H2. The van der Waals surface area contributed by atoms with Crippen LogP contribution in [0.4, 0.5) is 4.39 Å². The average Bonchev–Trinajstić information content (AvgIpc) is 2.71. The molecule has 2 aromatic rings. The Kier molecular flexibility index (Phi) is 3.16. The highest BCUT2D eigenvalue weighted by Gasteiger charge is 2.19. The van der Waals surface area contributed by atoms with Crippen LogP contribution in [0.15, 0.2) is 22.8 Å². The van der Waals surface area contributed by atoms with Crippen LogP contribution in [0.1, 0.15) is 18.5 Å². The van der Waals surface area contributed by atoms with Crippen LogP contribution in [0, 0.1) is 5.82 Å². The van der Waals surface area contributed by atoms with Gasteiger partial charge >= 0.3 is 0 Å². The van der Waals surface area contributed by atoms with Gasteiger partial charge in [0.2, 0.25) is 0 Å². The van der Waals surface area contributed by atoms with Gasteiger partial charge in [-0.1, -0.05) is 11.6 Å². The average molecular weight is 330 g/mol. The fourth-order valence-electron chi connectivity index (χ4n) is 2.35. The number of rotatable bonds is 1. The molecule has 1 aromatic heterocycles. The topological polar surface area (TPSA) is 17.8 Å². The first-order chi connectivity index (χ1) is 8.66. The van der Waals surface area contributed by atoms with E-state index in [0.29, 0.717) is 0 Å². The Labute approximate surface area is 118 Å². The van der Waals surface area contributed by atoms with Crippen LogP contribution in [-0.4, -0.2) is 9.55 Å². The van der Waals surface area contributed by atoms with Crippen molar-refractivity contribution in [1.29, 1.82) is 0 Å². The predicted molar refractivity (Wildman–Crippen MR) is 73.3 cm³/mol. The molecule has 1 aromatic carbocycles. The van der Waals surface area contributed by atoms with Crippen molar-refractivity contribution >= 4 is 27.5 Å². The molecule has 3 rings (SSSR count). The normalized spacial score (nSPS) is 14.6. The van der Waals surface area contributed by atoms with Gasteiger partial charge in [0.05, 0.1) is 10.7 Å². The Morgan fingerprint density at radius 3 is 2.94 bits per heavy atom. The van der Waals surface area contributed by atoms with E-state index in [0.717, 1.165) is 35.4 Å². The molecule has 1 aliphatic heterocycles. The monoisotopic (exact) mass is 328 g/mol. The van der Waals surface area contributed by atoms with Crippen molar-refractivity contribution in [2.75, 3.05) is 0 Å². The Bertz CT molecular complexity index is 609. The summed E-state index contributed by atoms with van der Waals surface area (Å²) >= 11 is 9.32. The summed E-state index contributed by atoms with van der Waals surface area (Å²) in [7, 11) is 0. The smallest absolute Gasteiger partial charge is 0.141 e. The van der Waals surface area contributed by atoms with Gasteiger partial charge in [-0.15, -0.1) is 0 Å². The summed E-state index contributed by atoms with van der Waals surface area (Å²) in [5.74, 6) is 0.461. The molecule has 0 saturated carbocycles. The van der Waals surface area contributed by atoms with E-state index < -0.39 is 5.82 Å². The lowest BCUT2D eigenvalue weighted by Crippen LogP contribution is -2.11. The number of benzene rings is 1. The zero-order chi connectivity index (χ0) is 12.7. The molecule has 0 amide bonds. The summed E-state index contributed by atoms with van der Waals surface area (Å²) in [6.07, 6.45) is 3.37. The second-order valence-electron chi connectivity index (χ2n) is 4.41. The summed E-state index contributed by atoms with van der Waals surface area (Å²) in [6, 6.07) is 4.74. The lowest BCUT2D eigenvalue weighted by atomic mass is 10.1. The first kappa shape index (κ1) is 12.2. The van der Waals surface area contributed by atoms with Crippen molar-refractivity contribution in [2.24, 2.45) is 0 Å². The van der Waals surface area contributed by atoms with E-state index in [2.05, 4.69) is 25.5 Å². The summed E-state index contributed by atoms with van der Waals surface area (Å²) in [5.41, 5.74) is 2.08. The zero-order valence-electron chi connectivity index (χ0n) is 9.59. The highest BCUT2D eigenvalue weighted by Crippen LogP contribution is 2.31. The molecule has 1 aliphatic rings. The van der Waals surface area contributed by atoms with Crippen LogP contribution in [0.5, 0.6) is 0 Å². The molecule has 0 aliphatic carbocycles. The lowest BCUT2D eigenvalue weighted by Gasteiger charge is -2.16. The second-order valence-corrected chi connectivity index (χ2v) is 5.57. The minimum Gasteiger partial charge on any atom is -0.327 e. The minimum absolute atomic E-state index is 0.136. The fourth-order valence-corrected chi connectivity index (χ4v) is 3.11. The first-order valence-corrected chi connectivity index (χ1v) is 7.04. The molecule has 2 nitrogen and oxygen atoms in total. The lowest BCUT2D eigenvalue weighted by molar-refractivity contribution is 0.535.